The average Bonchev–Trinajstić information content (AvgIpc) is 3.10. The number of aromatic amines is 1. The van der Waals surface area contributed by atoms with Crippen LogP contribution in [-0.4, -0.2) is 32.2 Å². The van der Waals surface area contributed by atoms with Gasteiger partial charge >= 0.3 is 0 Å². The van der Waals surface area contributed by atoms with Crippen LogP contribution in [0, 0.1) is 6.92 Å². The van der Waals surface area contributed by atoms with Crippen molar-refractivity contribution in [3.05, 3.63) is 53.2 Å². The number of nitrogens with one attached hydrogen (secondary N) is 2. The van der Waals surface area contributed by atoms with Gasteiger partial charge in [-0.3, -0.25) is 4.79 Å². The van der Waals surface area contributed by atoms with E-state index in [0.29, 0.717) is 17.2 Å². The van der Waals surface area contributed by atoms with E-state index in [2.05, 4.69) is 10.3 Å². The van der Waals surface area contributed by atoms with Crippen molar-refractivity contribution in [2.45, 2.75) is 19.9 Å². The second kappa shape index (κ2) is 7.61. The topological polar surface area (TPSA) is 72.6 Å². The number of hydrogen-bond acceptors (Lipinski definition) is 4. The molecule has 0 spiro atoms. The molecule has 1 aromatic heterocycles. The molecule has 6 heteroatoms. The Morgan fingerprint density at radius 1 is 1.00 bits per heavy atom. The van der Waals surface area contributed by atoms with Crippen LogP contribution >= 0.6 is 0 Å². The van der Waals surface area contributed by atoms with Gasteiger partial charge in [-0.15, -0.1) is 0 Å². The molecule has 1 amide bonds. The van der Waals surface area contributed by atoms with Crippen molar-refractivity contribution in [1.82, 2.24) is 10.3 Å². The Morgan fingerprint density at radius 3 is 2.37 bits per heavy atom. The van der Waals surface area contributed by atoms with Crippen LogP contribution in [0.2, 0.25) is 0 Å². The molecule has 0 saturated carbocycles. The van der Waals surface area contributed by atoms with E-state index in [1.807, 2.05) is 50.2 Å². The summed E-state index contributed by atoms with van der Waals surface area (Å²) in [5.74, 6) is 1.87. The predicted molar refractivity (Wildman–Crippen MR) is 105 cm³/mol. The van der Waals surface area contributed by atoms with Crippen LogP contribution in [0.4, 0.5) is 0 Å². The molecule has 0 radical (unpaired) electrons. The van der Waals surface area contributed by atoms with Gasteiger partial charge in [-0.05, 0) is 55.3 Å². The number of ether oxygens (including phenoxy) is 3. The van der Waals surface area contributed by atoms with Crippen LogP contribution in [0.15, 0.2) is 36.4 Å². The fraction of sp³-hybridized carbons (Fsp3) is 0.286. The summed E-state index contributed by atoms with van der Waals surface area (Å²) in [6, 6.07) is 11.1. The lowest BCUT2D eigenvalue weighted by Crippen LogP contribution is -2.27. The molecular weight excluding hydrogens is 344 g/mol. The van der Waals surface area contributed by atoms with Gasteiger partial charge in [-0.2, -0.15) is 0 Å². The molecule has 142 valence electrons. The van der Waals surface area contributed by atoms with Crippen LogP contribution in [0.3, 0.4) is 0 Å². The Kier molecular flexibility index (Phi) is 5.26. The Hall–Kier alpha value is -3.15. The number of benzene rings is 2. The van der Waals surface area contributed by atoms with E-state index >= 15 is 0 Å². The molecule has 3 aromatic rings. The van der Waals surface area contributed by atoms with Gasteiger partial charge in [-0.1, -0.05) is 0 Å². The maximum atomic E-state index is 12.7. The summed E-state index contributed by atoms with van der Waals surface area (Å²) in [5, 5.41) is 3.99. The molecule has 27 heavy (non-hydrogen) atoms. The summed E-state index contributed by atoms with van der Waals surface area (Å²) in [6.07, 6.45) is 0. The molecule has 0 bridgehead atoms. The molecule has 1 heterocycles. The minimum Gasteiger partial charge on any atom is -0.497 e. The van der Waals surface area contributed by atoms with Crippen LogP contribution < -0.4 is 19.5 Å². The van der Waals surface area contributed by atoms with Crippen molar-refractivity contribution in [3.63, 3.8) is 0 Å². The molecular formula is C21H24N2O4. The Morgan fingerprint density at radius 2 is 1.70 bits per heavy atom. The first-order chi connectivity index (χ1) is 13.0. The molecule has 3 rings (SSSR count). The van der Waals surface area contributed by atoms with E-state index in [1.54, 1.807) is 21.3 Å². The summed E-state index contributed by atoms with van der Waals surface area (Å²) < 4.78 is 15.9. The highest BCUT2D eigenvalue weighted by molar-refractivity contribution is 5.98. The third kappa shape index (κ3) is 3.69. The van der Waals surface area contributed by atoms with Crippen molar-refractivity contribution in [3.8, 4) is 17.2 Å². The zero-order valence-electron chi connectivity index (χ0n) is 16.2. The van der Waals surface area contributed by atoms with E-state index in [1.165, 1.54) is 0 Å². The number of fused-ring (bicyclic) bond motifs is 1. The summed E-state index contributed by atoms with van der Waals surface area (Å²) in [5.41, 5.74) is 3.35. The van der Waals surface area contributed by atoms with Crippen LogP contribution in [0.25, 0.3) is 10.9 Å². The average molecular weight is 368 g/mol. The fourth-order valence-electron chi connectivity index (χ4n) is 3.17. The highest BCUT2D eigenvalue weighted by atomic mass is 16.5. The number of H-pyrrole nitrogens is 1. The number of methoxy groups -OCH3 is 3. The lowest BCUT2D eigenvalue weighted by molar-refractivity contribution is 0.0935. The minimum atomic E-state index is -0.196. The van der Waals surface area contributed by atoms with Crippen LogP contribution in [-0.2, 0) is 0 Å². The van der Waals surface area contributed by atoms with Gasteiger partial charge in [0.15, 0.2) is 11.5 Å². The molecule has 6 nitrogen and oxygen atoms in total. The number of carbonyl (C=O) groups is 1. The molecule has 0 fully saturated rings. The summed E-state index contributed by atoms with van der Waals surface area (Å²) in [7, 11) is 4.82. The summed E-state index contributed by atoms with van der Waals surface area (Å²) in [4.78, 5) is 15.9. The smallest absolute Gasteiger partial charge is 0.268 e. The largest absolute Gasteiger partial charge is 0.497 e. The first kappa shape index (κ1) is 18.6. The quantitative estimate of drug-likeness (QED) is 0.690. The van der Waals surface area contributed by atoms with E-state index in [4.69, 9.17) is 14.2 Å². The fourth-order valence-corrected chi connectivity index (χ4v) is 3.17. The van der Waals surface area contributed by atoms with Crippen molar-refractivity contribution in [2.75, 3.05) is 21.3 Å². The zero-order chi connectivity index (χ0) is 19.6. The number of rotatable bonds is 6. The second-order valence-electron chi connectivity index (χ2n) is 6.40. The molecule has 0 saturated heterocycles. The Labute approximate surface area is 158 Å². The lowest BCUT2D eigenvalue weighted by Gasteiger charge is -2.19. The number of aromatic nitrogens is 1. The SMILES string of the molecule is COc1ccc2cc(C(=O)NC(C)c3cc(OC)c(OC)cc3C)[nH]c2c1. The van der Waals surface area contributed by atoms with Crippen molar-refractivity contribution in [1.29, 1.82) is 0 Å². The van der Waals surface area contributed by atoms with E-state index in [-0.39, 0.29) is 11.9 Å². The highest BCUT2D eigenvalue weighted by Gasteiger charge is 2.18. The predicted octanol–water partition coefficient (Wildman–Crippen LogP) is 3.99. The molecule has 0 aliphatic carbocycles. The van der Waals surface area contributed by atoms with Gasteiger partial charge in [-0.25, -0.2) is 0 Å². The van der Waals surface area contributed by atoms with Gasteiger partial charge in [0.25, 0.3) is 5.91 Å². The van der Waals surface area contributed by atoms with Gasteiger partial charge in [0.1, 0.15) is 11.4 Å². The second-order valence-corrected chi connectivity index (χ2v) is 6.40. The Balaban J connectivity index is 1.83. The molecule has 2 aromatic carbocycles. The first-order valence-electron chi connectivity index (χ1n) is 8.67. The molecule has 0 aliphatic heterocycles. The van der Waals surface area contributed by atoms with Crippen molar-refractivity contribution >= 4 is 16.8 Å². The van der Waals surface area contributed by atoms with Gasteiger partial charge < -0.3 is 24.5 Å². The molecule has 0 aliphatic rings. The zero-order valence-corrected chi connectivity index (χ0v) is 16.2. The van der Waals surface area contributed by atoms with Crippen LogP contribution in [0.1, 0.15) is 34.6 Å². The van der Waals surface area contributed by atoms with E-state index in [9.17, 15) is 4.79 Å². The normalized spacial score (nSPS) is 11.9. The van der Waals surface area contributed by atoms with Gasteiger partial charge in [0.05, 0.1) is 27.4 Å². The third-order valence-corrected chi connectivity index (χ3v) is 4.66. The highest BCUT2D eigenvalue weighted by Crippen LogP contribution is 2.33. The minimum absolute atomic E-state index is 0.174. The monoisotopic (exact) mass is 368 g/mol. The maximum Gasteiger partial charge on any atom is 0.268 e. The maximum absolute atomic E-state index is 12.7. The number of amides is 1. The van der Waals surface area contributed by atoms with Crippen molar-refractivity contribution in [2.24, 2.45) is 0 Å². The van der Waals surface area contributed by atoms with Gasteiger partial charge in [0, 0.05) is 17.0 Å². The van der Waals surface area contributed by atoms with Crippen molar-refractivity contribution < 1.29 is 19.0 Å². The molecule has 1 unspecified atom stereocenters. The van der Waals surface area contributed by atoms with E-state index in [0.717, 1.165) is 27.8 Å². The molecule has 2 N–H and O–H groups in total. The Bertz CT molecular complexity index is 978. The first-order valence-corrected chi connectivity index (χ1v) is 8.67. The number of carbonyl (C=O) groups excluding carboxylic acids is 1. The van der Waals surface area contributed by atoms with Gasteiger partial charge in [0.2, 0.25) is 0 Å². The standard InChI is InChI=1S/C21H24N2O4/c1-12-8-19(26-4)20(27-5)11-16(12)13(2)22-21(24)18-9-14-6-7-15(25-3)10-17(14)23-18/h6-11,13,23H,1-5H3,(H,22,24). The third-order valence-electron chi connectivity index (χ3n) is 4.66. The number of hydrogen-bond donors (Lipinski definition) is 2. The van der Waals surface area contributed by atoms with Crippen LogP contribution in [0.5, 0.6) is 17.2 Å². The lowest BCUT2D eigenvalue weighted by atomic mass is 10.0. The van der Waals surface area contributed by atoms with E-state index < -0.39 is 0 Å². The summed E-state index contributed by atoms with van der Waals surface area (Å²) in [6.45, 7) is 3.92. The molecule has 1 atom stereocenters. The number of aryl methyl sites for hydroxylation is 1. The summed E-state index contributed by atoms with van der Waals surface area (Å²) >= 11 is 0.